The van der Waals surface area contributed by atoms with E-state index in [2.05, 4.69) is 22.9 Å². The van der Waals surface area contributed by atoms with Crippen molar-refractivity contribution < 1.29 is 4.74 Å². The first-order chi connectivity index (χ1) is 8.34. The van der Waals surface area contributed by atoms with Crippen LogP contribution in [0.1, 0.15) is 77.6 Å². The summed E-state index contributed by atoms with van der Waals surface area (Å²) >= 11 is 3.81. The molecule has 1 saturated carbocycles. The predicted molar refractivity (Wildman–Crippen MR) is 78.9 cm³/mol. The second-order valence-corrected chi connectivity index (χ2v) is 6.51. The Labute approximate surface area is 116 Å². The molecule has 2 unspecified atom stereocenters. The van der Waals surface area contributed by atoms with Crippen molar-refractivity contribution in [3.8, 4) is 0 Å². The molecule has 0 aromatic rings. The molecule has 0 saturated heterocycles. The molecule has 0 radical (unpaired) electrons. The highest BCUT2D eigenvalue weighted by Gasteiger charge is 2.20. The fourth-order valence-corrected chi connectivity index (χ4v) is 3.27. The smallest absolute Gasteiger partial charge is 0.0700 e. The Morgan fingerprint density at radius 2 is 1.65 bits per heavy atom. The normalized spacial score (nSPS) is 26.5. The average molecular weight is 305 g/mol. The number of hydrogen-bond acceptors (Lipinski definition) is 1. The molecule has 0 N–H and O–H groups in total. The third-order valence-electron chi connectivity index (χ3n) is 3.70. The van der Waals surface area contributed by atoms with Crippen LogP contribution in [0, 0.1) is 0 Å². The van der Waals surface area contributed by atoms with Crippen LogP contribution < -0.4 is 0 Å². The maximum atomic E-state index is 6.06. The zero-order valence-electron chi connectivity index (χ0n) is 11.4. The molecule has 0 spiro atoms. The van der Waals surface area contributed by atoms with Gasteiger partial charge in [-0.1, -0.05) is 74.2 Å². The minimum absolute atomic E-state index is 0.474. The molecule has 2 heteroatoms. The van der Waals surface area contributed by atoms with Crippen molar-refractivity contribution in [2.45, 2.75) is 88.5 Å². The largest absolute Gasteiger partial charge is 0.377 e. The van der Waals surface area contributed by atoms with Crippen LogP contribution in [0.5, 0.6) is 0 Å². The van der Waals surface area contributed by atoms with Crippen molar-refractivity contribution in [2.75, 3.05) is 6.61 Å². The van der Waals surface area contributed by atoms with Crippen molar-refractivity contribution in [1.29, 1.82) is 0 Å². The van der Waals surface area contributed by atoms with Gasteiger partial charge in [0.05, 0.1) is 6.10 Å². The molecule has 1 rings (SSSR count). The maximum Gasteiger partial charge on any atom is 0.0700 e. The Morgan fingerprint density at radius 3 is 2.41 bits per heavy atom. The Balaban J connectivity index is 2.06. The van der Waals surface area contributed by atoms with Gasteiger partial charge in [0.1, 0.15) is 0 Å². The Hall–Kier alpha value is 0.440. The number of rotatable bonds is 7. The van der Waals surface area contributed by atoms with Gasteiger partial charge in [0, 0.05) is 11.4 Å². The summed E-state index contributed by atoms with van der Waals surface area (Å²) in [6, 6.07) is 0. The summed E-state index contributed by atoms with van der Waals surface area (Å²) in [5.41, 5.74) is 0. The highest BCUT2D eigenvalue weighted by atomic mass is 79.9. The lowest BCUT2D eigenvalue weighted by molar-refractivity contribution is 0.0387. The number of ether oxygens (including phenoxy) is 1. The minimum Gasteiger partial charge on any atom is -0.377 e. The van der Waals surface area contributed by atoms with E-state index >= 15 is 0 Å². The second-order valence-electron chi connectivity index (χ2n) is 5.33. The van der Waals surface area contributed by atoms with E-state index in [4.69, 9.17) is 4.74 Å². The second kappa shape index (κ2) is 10.4. The highest BCUT2D eigenvalue weighted by molar-refractivity contribution is 9.09. The van der Waals surface area contributed by atoms with E-state index in [0.29, 0.717) is 10.9 Å². The highest BCUT2D eigenvalue weighted by Crippen LogP contribution is 2.25. The van der Waals surface area contributed by atoms with Gasteiger partial charge in [0.15, 0.2) is 0 Å². The van der Waals surface area contributed by atoms with Gasteiger partial charge in [-0.2, -0.15) is 0 Å². The number of hydrogen-bond donors (Lipinski definition) is 0. The van der Waals surface area contributed by atoms with Gasteiger partial charge < -0.3 is 4.74 Å². The molecule has 0 aromatic carbocycles. The molecule has 0 heterocycles. The molecular formula is C15H29BrO. The van der Waals surface area contributed by atoms with Crippen LogP contribution in [-0.2, 0) is 4.74 Å². The summed E-state index contributed by atoms with van der Waals surface area (Å²) in [5, 5.41) is 0. The zero-order valence-corrected chi connectivity index (χ0v) is 13.0. The lowest BCUT2D eigenvalue weighted by Gasteiger charge is -2.25. The minimum atomic E-state index is 0.474. The Morgan fingerprint density at radius 1 is 0.941 bits per heavy atom. The van der Waals surface area contributed by atoms with Crippen molar-refractivity contribution in [1.82, 2.24) is 0 Å². The molecule has 1 fully saturated rings. The van der Waals surface area contributed by atoms with Crippen LogP contribution in [0.25, 0.3) is 0 Å². The van der Waals surface area contributed by atoms with Crippen LogP contribution in [-0.4, -0.2) is 17.5 Å². The lowest BCUT2D eigenvalue weighted by Crippen LogP contribution is -2.26. The van der Waals surface area contributed by atoms with Crippen LogP contribution in [0.3, 0.4) is 0 Å². The van der Waals surface area contributed by atoms with E-state index in [1.807, 2.05) is 0 Å². The summed E-state index contributed by atoms with van der Waals surface area (Å²) in [6.07, 6.45) is 15.2. The molecule has 1 aliphatic carbocycles. The first-order valence-corrected chi connectivity index (χ1v) is 8.52. The fraction of sp³-hybridized carbons (Fsp3) is 1.00. The van der Waals surface area contributed by atoms with Gasteiger partial charge in [-0.25, -0.2) is 0 Å². The van der Waals surface area contributed by atoms with E-state index in [9.17, 15) is 0 Å². The summed E-state index contributed by atoms with van der Waals surface area (Å²) in [6.45, 7) is 3.23. The van der Waals surface area contributed by atoms with Gasteiger partial charge in [0.2, 0.25) is 0 Å². The number of alkyl halides is 1. The molecule has 102 valence electrons. The van der Waals surface area contributed by atoms with E-state index in [1.165, 1.54) is 70.6 Å². The van der Waals surface area contributed by atoms with Crippen LogP contribution in [0.2, 0.25) is 0 Å². The molecule has 17 heavy (non-hydrogen) atoms. The quantitative estimate of drug-likeness (QED) is 0.448. The standard InChI is InChI=1S/C15H29BrO/c1-2-3-4-7-10-13-17-15-12-9-6-5-8-11-14(15)16/h14-15H,2-13H2,1H3. The van der Waals surface area contributed by atoms with E-state index < -0.39 is 0 Å². The first kappa shape index (κ1) is 15.5. The van der Waals surface area contributed by atoms with E-state index in [0.717, 1.165) is 6.61 Å². The number of unbranched alkanes of at least 4 members (excludes halogenated alkanes) is 4. The maximum absolute atomic E-state index is 6.06. The number of halogens is 1. The predicted octanol–water partition coefficient (Wildman–Crippen LogP) is 5.46. The monoisotopic (exact) mass is 304 g/mol. The van der Waals surface area contributed by atoms with Gasteiger partial charge in [-0.05, 0) is 19.3 Å². The van der Waals surface area contributed by atoms with Crippen LogP contribution in [0.15, 0.2) is 0 Å². The summed E-state index contributed by atoms with van der Waals surface area (Å²) in [4.78, 5) is 0.596. The molecule has 1 aliphatic rings. The van der Waals surface area contributed by atoms with Gasteiger partial charge >= 0.3 is 0 Å². The van der Waals surface area contributed by atoms with E-state index in [1.54, 1.807) is 0 Å². The molecule has 0 amide bonds. The van der Waals surface area contributed by atoms with E-state index in [-0.39, 0.29) is 0 Å². The van der Waals surface area contributed by atoms with Gasteiger partial charge in [0.25, 0.3) is 0 Å². The zero-order chi connectivity index (χ0) is 12.3. The van der Waals surface area contributed by atoms with Gasteiger partial charge in [-0.15, -0.1) is 0 Å². The third-order valence-corrected chi connectivity index (χ3v) is 4.75. The summed E-state index contributed by atoms with van der Waals surface area (Å²) in [5.74, 6) is 0. The van der Waals surface area contributed by atoms with Crippen molar-refractivity contribution in [3.05, 3.63) is 0 Å². The molecule has 0 aliphatic heterocycles. The third kappa shape index (κ3) is 7.46. The topological polar surface area (TPSA) is 9.23 Å². The molecule has 0 aromatic heterocycles. The Kier molecular flexibility index (Phi) is 9.45. The lowest BCUT2D eigenvalue weighted by atomic mass is 9.98. The summed E-state index contributed by atoms with van der Waals surface area (Å²) < 4.78 is 6.06. The van der Waals surface area contributed by atoms with Crippen molar-refractivity contribution in [2.24, 2.45) is 0 Å². The molecule has 1 nitrogen and oxygen atoms in total. The van der Waals surface area contributed by atoms with Crippen LogP contribution >= 0.6 is 15.9 Å². The van der Waals surface area contributed by atoms with Crippen molar-refractivity contribution in [3.63, 3.8) is 0 Å². The summed E-state index contributed by atoms with van der Waals surface area (Å²) in [7, 11) is 0. The SMILES string of the molecule is CCCCCCCOC1CCCCCCC1Br. The Bertz CT molecular complexity index is 172. The van der Waals surface area contributed by atoms with Gasteiger partial charge in [-0.3, -0.25) is 0 Å². The first-order valence-electron chi connectivity index (χ1n) is 7.60. The van der Waals surface area contributed by atoms with Crippen LogP contribution in [0.4, 0.5) is 0 Å². The fourth-order valence-electron chi connectivity index (χ4n) is 2.53. The molecule has 2 atom stereocenters. The average Bonchev–Trinajstić information content (AvgIpc) is 2.32. The van der Waals surface area contributed by atoms with Crippen molar-refractivity contribution >= 4 is 15.9 Å². The molecule has 0 bridgehead atoms. The molecular weight excluding hydrogens is 276 g/mol.